The van der Waals surface area contributed by atoms with Gasteiger partial charge >= 0.3 is 0 Å². The van der Waals surface area contributed by atoms with Crippen LogP contribution in [0, 0.1) is 0 Å². The maximum Gasteiger partial charge on any atom is 0.276 e. The van der Waals surface area contributed by atoms with Gasteiger partial charge in [0.05, 0.1) is 0 Å². The Labute approximate surface area is 99.6 Å². The van der Waals surface area contributed by atoms with Gasteiger partial charge < -0.3 is 0 Å². The lowest BCUT2D eigenvalue weighted by atomic mass is 10.2. The van der Waals surface area contributed by atoms with Gasteiger partial charge in [-0.2, -0.15) is 0 Å². The zero-order chi connectivity index (χ0) is 12.1. The van der Waals surface area contributed by atoms with Crippen molar-refractivity contribution in [1.29, 1.82) is 0 Å². The predicted molar refractivity (Wildman–Crippen MR) is 62.5 cm³/mol. The van der Waals surface area contributed by atoms with Crippen molar-refractivity contribution in [1.82, 2.24) is 14.7 Å². The monoisotopic (exact) mass is 249 g/mol. The largest absolute Gasteiger partial charge is 0.276 e. The lowest BCUT2D eigenvalue weighted by Crippen LogP contribution is -2.25. The Hall–Kier alpha value is -1.79. The average Bonchev–Trinajstić information content (AvgIpc) is 2.39. The van der Waals surface area contributed by atoms with Crippen molar-refractivity contribution in [2.75, 3.05) is 0 Å². The van der Waals surface area contributed by atoms with E-state index in [1.807, 2.05) is 30.3 Å². The molecule has 88 valence electrons. The summed E-state index contributed by atoms with van der Waals surface area (Å²) in [6.45, 7) is 0.224. The highest BCUT2D eigenvalue weighted by atomic mass is 32.2. The van der Waals surface area contributed by atoms with Gasteiger partial charge in [0.2, 0.25) is 0 Å². The molecule has 0 radical (unpaired) electrons. The standard InChI is InChI=1S/C11H11N3O2S/c15-17(16,11-12-7-4-8-13-11)14-9-10-5-2-1-3-6-10/h1-8,14H,9H2. The maximum absolute atomic E-state index is 11.8. The van der Waals surface area contributed by atoms with Crippen molar-refractivity contribution < 1.29 is 8.42 Å². The maximum atomic E-state index is 11.8. The Kier molecular flexibility index (Phi) is 3.46. The molecule has 1 N–H and O–H groups in total. The molecule has 5 nitrogen and oxygen atoms in total. The van der Waals surface area contributed by atoms with E-state index in [9.17, 15) is 8.42 Å². The molecule has 2 aromatic rings. The zero-order valence-electron chi connectivity index (χ0n) is 8.95. The van der Waals surface area contributed by atoms with E-state index in [1.54, 1.807) is 6.07 Å². The summed E-state index contributed by atoms with van der Waals surface area (Å²) >= 11 is 0. The van der Waals surface area contributed by atoms with Gasteiger partial charge in [-0.05, 0) is 11.6 Å². The van der Waals surface area contributed by atoms with Gasteiger partial charge in [-0.3, -0.25) is 0 Å². The van der Waals surface area contributed by atoms with Gasteiger partial charge in [0, 0.05) is 18.9 Å². The van der Waals surface area contributed by atoms with Crippen molar-refractivity contribution in [3.63, 3.8) is 0 Å². The summed E-state index contributed by atoms with van der Waals surface area (Å²) < 4.78 is 26.0. The highest BCUT2D eigenvalue weighted by Gasteiger charge is 2.15. The minimum atomic E-state index is -3.63. The molecule has 0 aliphatic heterocycles. The van der Waals surface area contributed by atoms with Crippen molar-refractivity contribution in [3.8, 4) is 0 Å². The molecule has 0 amide bonds. The second kappa shape index (κ2) is 5.03. The van der Waals surface area contributed by atoms with Gasteiger partial charge in [0.15, 0.2) is 0 Å². The van der Waals surface area contributed by atoms with E-state index in [-0.39, 0.29) is 11.7 Å². The van der Waals surface area contributed by atoms with Gasteiger partial charge in [0.25, 0.3) is 15.2 Å². The highest BCUT2D eigenvalue weighted by molar-refractivity contribution is 7.89. The Bertz CT molecular complexity index is 570. The van der Waals surface area contributed by atoms with Crippen LogP contribution in [0.5, 0.6) is 0 Å². The van der Waals surface area contributed by atoms with Crippen molar-refractivity contribution in [2.45, 2.75) is 11.7 Å². The third kappa shape index (κ3) is 3.08. The highest BCUT2D eigenvalue weighted by Crippen LogP contribution is 2.02. The van der Waals surface area contributed by atoms with E-state index < -0.39 is 10.0 Å². The predicted octanol–water partition coefficient (Wildman–Crippen LogP) is 0.955. The lowest BCUT2D eigenvalue weighted by Gasteiger charge is -2.04. The average molecular weight is 249 g/mol. The molecule has 1 heterocycles. The van der Waals surface area contributed by atoms with E-state index in [0.29, 0.717) is 0 Å². The summed E-state index contributed by atoms with van der Waals surface area (Å²) in [6.07, 6.45) is 2.79. The smallest absolute Gasteiger partial charge is 0.226 e. The van der Waals surface area contributed by atoms with Gasteiger partial charge in [-0.25, -0.2) is 23.1 Å². The summed E-state index contributed by atoms with van der Waals surface area (Å²) in [4.78, 5) is 7.40. The molecule has 2 rings (SSSR count). The quantitative estimate of drug-likeness (QED) is 0.819. The van der Waals surface area contributed by atoms with Crippen LogP contribution in [0.25, 0.3) is 0 Å². The fourth-order valence-corrected chi connectivity index (χ4v) is 2.15. The van der Waals surface area contributed by atoms with Crippen LogP contribution in [-0.2, 0) is 16.6 Å². The normalized spacial score (nSPS) is 11.3. The Morgan fingerprint density at radius 1 is 1.00 bits per heavy atom. The van der Waals surface area contributed by atoms with Crippen LogP contribution in [0.4, 0.5) is 0 Å². The molecule has 0 saturated carbocycles. The third-order valence-electron chi connectivity index (χ3n) is 2.09. The van der Waals surface area contributed by atoms with Crippen LogP contribution in [-0.4, -0.2) is 18.4 Å². The van der Waals surface area contributed by atoms with Gasteiger partial charge in [-0.1, -0.05) is 30.3 Å². The molecule has 0 aliphatic carbocycles. The van der Waals surface area contributed by atoms with E-state index in [2.05, 4.69) is 14.7 Å². The number of rotatable bonds is 4. The lowest BCUT2D eigenvalue weighted by molar-refractivity contribution is 0.571. The molecule has 0 saturated heterocycles. The van der Waals surface area contributed by atoms with Crippen LogP contribution in [0.1, 0.15) is 5.56 Å². The fraction of sp³-hybridized carbons (Fsp3) is 0.0909. The molecule has 1 aromatic carbocycles. The van der Waals surface area contributed by atoms with Gasteiger partial charge in [0.1, 0.15) is 0 Å². The van der Waals surface area contributed by atoms with E-state index >= 15 is 0 Å². The van der Waals surface area contributed by atoms with Crippen molar-refractivity contribution >= 4 is 10.0 Å². The van der Waals surface area contributed by atoms with Crippen LogP contribution in [0.15, 0.2) is 53.9 Å². The molecule has 6 heteroatoms. The third-order valence-corrected chi connectivity index (χ3v) is 3.31. The minimum Gasteiger partial charge on any atom is -0.226 e. The second-order valence-corrected chi connectivity index (χ2v) is 5.00. The Morgan fingerprint density at radius 2 is 1.65 bits per heavy atom. The molecule has 0 bridgehead atoms. The molecule has 1 aromatic heterocycles. The zero-order valence-corrected chi connectivity index (χ0v) is 9.76. The van der Waals surface area contributed by atoms with E-state index in [4.69, 9.17) is 0 Å². The number of nitrogens with zero attached hydrogens (tertiary/aromatic N) is 2. The summed E-state index contributed by atoms with van der Waals surface area (Å²) in [5, 5.41) is -0.212. The molecule has 17 heavy (non-hydrogen) atoms. The first-order valence-corrected chi connectivity index (χ1v) is 6.47. The summed E-state index contributed by atoms with van der Waals surface area (Å²) in [7, 11) is -3.63. The Morgan fingerprint density at radius 3 is 2.29 bits per heavy atom. The first kappa shape index (κ1) is 11.7. The van der Waals surface area contributed by atoms with E-state index in [1.165, 1.54) is 12.4 Å². The molecule has 0 unspecified atom stereocenters. The van der Waals surface area contributed by atoms with Crippen LogP contribution < -0.4 is 4.72 Å². The topological polar surface area (TPSA) is 72.0 Å². The van der Waals surface area contributed by atoms with Crippen LogP contribution in [0.3, 0.4) is 0 Å². The fourth-order valence-electron chi connectivity index (χ4n) is 1.26. The summed E-state index contributed by atoms with van der Waals surface area (Å²) in [5.41, 5.74) is 0.881. The van der Waals surface area contributed by atoms with Crippen molar-refractivity contribution in [2.24, 2.45) is 0 Å². The van der Waals surface area contributed by atoms with Crippen molar-refractivity contribution in [3.05, 3.63) is 54.4 Å². The molecular weight excluding hydrogens is 238 g/mol. The van der Waals surface area contributed by atoms with Crippen LogP contribution >= 0.6 is 0 Å². The SMILES string of the molecule is O=S(=O)(NCc1ccccc1)c1ncccn1. The number of nitrogens with one attached hydrogen (secondary N) is 1. The molecule has 0 fully saturated rings. The number of aromatic nitrogens is 2. The number of hydrogen-bond donors (Lipinski definition) is 1. The number of hydrogen-bond acceptors (Lipinski definition) is 4. The molecule has 0 spiro atoms. The minimum absolute atomic E-state index is 0.212. The summed E-state index contributed by atoms with van der Waals surface area (Å²) in [6, 6.07) is 10.8. The van der Waals surface area contributed by atoms with Gasteiger partial charge in [-0.15, -0.1) is 0 Å². The summed E-state index contributed by atoms with van der Waals surface area (Å²) in [5.74, 6) is 0. The van der Waals surface area contributed by atoms with Crippen LogP contribution in [0.2, 0.25) is 0 Å². The first-order valence-electron chi connectivity index (χ1n) is 4.99. The second-order valence-electron chi connectivity index (χ2n) is 3.34. The Balaban J connectivity index is 2.09. The molecular formula is C11H11N3O2S. The number of sulfonamides is 1. The molecule has 0 atom stereocenters. The molecule has 0 aliphatic rings. The first-order chi connectivity index (χ1) is 8.18. The van der Waals surface area contributed by atoms with E-state index in [0.717, 1.165) is 5.56 Å². The number of benzene rings is 1.